The van der Waals surface area contributed by atoms with Crippen molar-refractivity contribution in [3.05, 3.63) is 42.1 Å². The van der Waals surface area contributed by atoms with Crippen molar-refractivity contribution in [1.82, 2.24) is 0 Å². The van der Waals surface area contributed by atoms with E-state index in [9.17, 15) is 0 Å². The molecule has 94 valence electrons. The monoisotopic (exact) mass is 312 g/mol. The van der Waals surface area contributed by atoms with Crippen molar-refractivity contribution in [1.29, 1.82) is 0 Å². The van der Waals surface area contributed by atoms with Gasteiger partial charge in [-0.2, -0.15) is 0 Å². The van der Waals surface area contributed by atoms with E-state index in [0.717, 1.165) is 0 Å². The van der Waals surface area contributed by atoms with Crippen LogP contribution in [0.2, 0.25) is 23.5 Å². The van der Waals surface area contributed by atoms with Gasteiger partial charge in [0, 0.05) is 0 Å². The molecule has 0 heterocycles. The van der Waals surface area contributed by atoms with Gasteiger partial charge in [-0.15, -0.1) is 0 Å². The van der Waals surface area contributed by atoms with Gasteiger partial charge >= 0.3 is 114 Å². The van der Waals surface area contributed by atoms with Gasteiger partial charge in [-0.3, -0.25) is 0 Å². The standard InChI is InChI=1S/C15H24SeSi/c1-15(2,3)17(4,5)13-9-12-16-14-10-7-6-8-11-14/h6-11,13H,12H2,1-5H3/b13-9+. The Kier molecular flexibility index (Phi) is 5.24. The molecule has 0 unspecified atom stereocenters. The normalized spacial score (nSPS) is 13.2. The van der Waals surface area contributed by atoms with Gasteiger partial charge in [0.05, 0.1) is 0 Å². The second-order valence-electron chi connectivity index (χ2n) is 6.00. The quantitative estimate of drug-likeness (QED) is 0.736. The van der Waals surface area contributed by atoms with Crippen LogP contribution < -0.4 is 4.46 Å². The zero-order chi connectivity index (χ0) is 12.9. The number of hydrogen-bond donors (Lipinski definition) is 0. The summed E-state index contributed by atoms with van der Waals surface area (Å²) in [5.41, 5.74) is 2.53. The van der Waals surface area contributed by atoms with Gasteiger partial charge in [0.1, 0.15) is 0 Å². The molecule has 0 aliphatic carbocycles. The first kappa shape index (κ1) is 14.8. The molecular formula is C15H24SeSi. The van der Waals surface area contributed by atoms with Crippen LogP contribution in [0, 0.1) is 0 Å². The minimum absolute atomic E-state index is 0.462. The van der Waals surface area contributed by atoms with E-state index in [1.165, 1.54) is 9.78 Å². The van der Waals surface area contributed by atoms with Gasteiger partial charge < -0.3 is 0 Å². The number of rotatable bonds is 4. The average molecular weight is 311 g/mol. The topological polar surface area (TPSA) is 0 Å². The molecule has 0 radical (unpaired) electrons. The van der Waals surface area contributed by atoms with Crippen LogP contribution in [0.5, 0.6) is 0 Å². The van der Waals surface area contributed by atoms with E-state index in [0.29, 0.717) is 20.0 Å². The van der Waals surface area contributed by atoms with Crippen LogP contribution in [0.4, 0.5) is 0 Å². The van der Waals surface area contributed by atoms with Crippen molar-refractivity contribution in [2.24, 2.45) is 0 Å². The molecule has 0 bridgehead atoms. The molecule has 1 aromatic carbocycles. The van der Waals surface area contributed by atoms with Crippen LogP contribution in [-0.2, 0) is 0 Å². The molecule has 0 spiro atoms. The van der Waals surface area contributed by atoms with Crippen LogP contribution in [0.1, 0.15) is 20.8 Å². The Morgan fingerprint density at radius 2 is 1.71 bits per heavy atom. The van der Waals surface area contributed by atoms with Crippen molar-refractivity contribution < 1.29 is 0 Å². The fraction of sp³-hybridized carbons (Fsp3) is 0.467. The molecular weight excluding hydrogens is 287 g/mol. The van der Waals surface area contributed by atoms with Gasteiger partial charge in [0.15, 0.2) is 0 Å². The Labute approximate surface area is 114 Å². The van der Waals surface area contributed by atoms with Gasteiger partial charge in [-0.25, -0.2) is 0 Å². The van der Waals surface area contributed by atoms with E-state index < -0.39 is 8.07 Å². The van der Waals surface area contributed by atoms with E-state index in [1.54, 1.807) is 0 Å². The second-order valence-corrected chi connectivity index (χ2v) is 13.6. The molecule has 0 saturated heterocycles. The summed E-state index contributed by atoms with van der Waals surface area (Å²) in [7, 11) is -1.21. The van der Waals surface area contributed by atoms with Crippen molar-refractivity contribution in [3.63, 3.8) is 0 Å². The maximum absolute atomic E-state index is 2.53. The molecule has 2 heteroatoms. The van der Waals surface area contributed by atoms with Crippen LogP contribution in [-0.4, -0.2) is 23.0 Å². The number of allylic oxidation sites excluding steroid dienone is 1. The summed E-state index contributed by atoms with van der Waals surface area (Å²) in [6.45, 7) is 12.0. The molecule has 1 rings (SSSR count). The van der Waals surface area contributed by atoms with Crippen molar-refractivity contribution in [2.45, 2.75) is 44.2 Å². The number of benzene rings is 1. The molecule has 0 N–H and O–H groups in total. The Hall–Kier alpha value is -0.304. The summed E-state index contributed by atoms with van der Waals surface area (Å²) in [5.74, 6) is 0. The molecule has 0 amide bonds. The van der Waals surface area contributed by atoms with Crippen molar-refractivity contribution in [3.8, 4) is 0 Å². The average Bonchev–Trinajstić information content (AvgIpc) is 2.24. The molecule has 0 aliphatic rings. The third-order valence-electron chi connectivity index (χ3n) is 3.56. The van der Waals surface area contributed by atoms with Crippen LogP contribution >= 0.6 is 0 Å². The van der Waals surface area contributed by atoms with Gasteiger partial charge in [0.25, 0.3) is 0 Å². The van der Waals surface area contributed by atoms with Crippen LogP contribution in [0.15, 0.2) is 42.1 Å². The SMILES string of the molecule is CC(C)(C)[Si](C)(C)/C=C/C[Se]c1ccccc1. The summed E-state index contributed by atoms with van der Waals surface area (Å²) >= 11 is 0.597. The van der Waals surface area contributed by atoms with Gasteiger partial charge in [-0.1, -0.05) is 0 Å². The van der Waals surface area contributed by atoms with E-state index in [2.05, 4.69) is 76.0 Å². The molecule has 0 atom stereocenters. The molecule has 0 saturated carbocycles. The summed E-state index contributed by atoms with van der Waals surface area (Å²) in [6, 6.07) is 10.8. The van der Waals surface area contributed by atoms with Crippen molar-refractivity contribution >= 4 is 27.5 Å². The van der Waals surface area contributed by atoms with Gasteiger partial charge in [-0.05, 0) is 0 Å². The maximum atomic E-state index is 2.53. The Balaban J connectivity index is 2.47. The summed E-state index contributed by atoms with van der Waals surface area (Å²) in [5, 5.41) is 1.69. The minimum atomic E-state index is -1.21. The fourth-order valence-electron chi connectivity index (χ4n) is 1.25. The summed E-state index contributed by atoms with van der Waals surface area (Å²) in [4.78, 5) is 0. The molecule has 0 nitrogen and oxygen atoms in total. The summed E-state index contributed by atoms with van der Waals surface area (Å²) in [6.07, 6.45) is 2.42. The second kappa shape index (κ2) is 6.04. The molecule has 1 aromatic rings. The molecule has 0 aromatic heterocycles. The first-order chi connectivity index (χ1) is 7.83. The third kappa shape index (κ3) is 4.83. The first-order valence-corrected chi connectivity index (χ1v) is 11.3. The fourth-order valence-corrected chi connectivity index (χ4v) is 4.38. The Bertz CT molecular complexity index is 360. The van der Waals surface area contributed by atoms with E-state index in [1.807, 2.05) is 0 Å². The van der Waals surface area contributed by atoms with E-state index in [4.69, 9.17) is 0 Å². The van der Waals surface area contributed by atoms with E-state index >= 15 is 0 Å². The molecule has 0 fully saturated rings. The van der Waals surface area contributed by atoms with Crippen LogP contribution in [0.3, 0.4) is 0 Å². The zero-order valence-electron chi connectivity index (χ0n) is 11.7. The Morgan fingerprint density at radius 3 is 2.24 bits per heavy atom. The third-order valence-corrected chi connectivity index (χ3v) is 10.5. The predicted molar refractivity (Wildman–Crippen MR) is 83.0 cm³/mol. The van der Waals surface area contributed by atoms with E-state index in [-0.39, 0.29) is 0 Å². The first-order valence-electron chi connectivity index (χ1n) is 6.18. The van der Waals surface area contributed by atoms with Crippen LogP contribution in [0.25, 0.3) is 0 Å². The molecule has 17 heavy (non-hydrogen) atoms. The predicted octanol–water partition coefficient (Wildman–Crippen LogP) is 4.04. The zero-order valence-corrected chi connectivity index (χ0v) is 14.4. The van der Waals surface area contributed by atoms with Crippen molar-refractivity contribution in [2.75, 3.05) is 0 Å². The Morgan fingerprint density at radius 1 is 1.12 bits per heavy atom. The molecule has 0 aliphatic heterocycles. The summed E-state index contributed by atoms with van der Waals surface area (Å²) < 4.78 is 1.50. The number of hydrogen-bond acceptors (Lipinski definition) is 0. The van der Waals surface area contributed by atoms with Gasteiger partial charge in [0.2, 0.25) is 0 Å².